The maximum atomic E-state index is 12.6. The molecular weight excluding hydrogens is 320 g/mol. The molecule has 1 aromatic carbocycles. The molecule has 0 spiro atoms. The number of nitrogens with one attached hydrogen (secondary N) is 1. The number of thiophene rings is 1. The van der Waals surface area contributed by atoms with Crippen LogP contribution in [0, 0.1) is 5.92 Å². The summed E-state index contributed by atoms with van der Waals surface area (Å²) in [7, 11) is 0. The smallest absolute Gasteiger partial charge is 0.251 e. The van der Waals surface area contributed by atoms with Crippen molar-refractivity contribution in [3.63, 3.8) is 0 Å². The summed E-state index contributed by atoms with van der Waals surface area (Å²) in [6, 6.07) is 10.1. The Bertz CT molecular complexity index is 797. The average molecular weight is 340 g/mol. The van der Waals surface area contributed by atoms with Gasteiger partial charge in [0.1, 0.15) is 5.00 Å². The number of nitrogens with two attached hydrogens (primary N) is 1. The molecule has 0 radical (unpaired) electrons. The van der Waals surface area contributed by atoms with Gasteiger partial charge in [0.15, 0.2) is 0 Å². The minimum Gasteiger partial charge on any atom is -0.365 e. The lowest BCUT2D eigenvalue weighted by Gasteiger charge is -2.11. The molecule has 2 atom stereocenters. The predicted octanol–water partition coefficient (Wildman–Crippen LogP) is 3.47. The van der Waals surface area contributed by atoms with E-state index in [1.807, 2.05) is 18.2 Å². The lowest BCUT2D eigenvalue weighted by Crippen LogP contribution is -2.19. The lowest BCUT2D eigenvalue weighted by atomic mass is 9.95. The molecule has 2 aliphatic rings. The van der Waals surface area contributed by atoms with Gasteiger partial charge in [-0.15, -0.1) is 11.3 Å². The van der Waals surface area contributed by atoms with Gasteiger partial charge in [0.05, 0.1) is 5.56 Å². The van der Waals surface area contributed by atoms with Crippen LogP contribution in [0.2, 0.25) is 0 Å². The number of hydrogen-bond donors (Lipinski definition) is 2. The van der Waals surface area contributed by atoms with Gasteiger partial charge in [0, 0.05) is 10.8 Å². The Hall–Kier alpha value is -2.14. The molecule has 1 saturated carbocycles. The van der Waals surface area contributed by atoms with E-state index in [4.69, 9.17) is 5.73 Å². The zero-order valence-corrected chi connectivity index (χ0v) is 14.2. The van der Waals surface area contributed by atoms with E-state index >= 15 is 0 Å². The Morgan fingerprint density at radius 2 is 1.88 bits per heavy atom. The van der Waals surface area contributed by atoms with E-state index in [0.29, 0.717) is 10.6 Å². The fraction of sp³-hybridized carbons (Fsp3) is 0.368. The molecule has 2 aromatic rings. The molecule has 2 amide bonds. The molecule has 0 saturated heterocycles. The van der Waals surface area contributed by atoms with Gasteiger partial charge in [-0.1, -0.05) is 30.3 Å². The van der Waals surface area contributed by atoms with E-state index in [-0.39, 0.29) is 17.7 Å². The van der Waals surface area contributed by atoms with Crippen molar-refractivity contribution < 1.29 is 9.59 Å². The summed E-state index contributed by atoms with van der Waals surface area (Å²) in [6.45, 7) is 0. The van der Waals surface area contributed by atoms with E-state index in [1.165, 1.54) is 21.8 Å². The highest BCUT2D eigenvalue weighted by Crippen LogP contribution is 2.48. The van der Waals surface area contributed by atoms with Gasteiger partial charge in [-0.2, -0.15) is 0 Å². The highest BCUT2D eigenvalue weighted by atomic mass is 32.1. The number of amides is 2. The molecule has 3 N–H and O–H groups in total. The van der Waals surface area contributed by atoms with Crippen LogP contribution < -0.4 is 11.1 Å². The van der Waals surface area contributed by atoms with Crippen molar-refractivity contribution in [2.75, 3.05) is 5.32 Å². The molecule has 1 aromatic heterocycles. The molecule has 5 heteroatoms. The Labute approximate surface area is 145 Å². The largest absolute Gasteiger partial charge is 0.365 e. The molecule has 4 rings (SSSR count). The number of primary amides is 1. The van der Waals surface area contributed by atoms with Crippen molar-refractivity contribution in [1.29, 1.82) is 0 Å². The molecule has 4 nitrogen and oxygen atoms in total. The van der Waals surface area contributed by atoms with Crippen LogP contribution in [0.4, 0.5) is 5.00 Å². The van der Waals surface area contributed by atoms with Crippen LogP contribution in [-0.2, 0) is 17.6 Å². The number of fused-ring (bicyclic) bond motifs is 1. The van der Waals surface area contributed by atoms with E-state index in [9.17, 15) is 9.59 Å². The Kier molecular flexibility index (Phi) is 3.88. The average Bonchev–Trinajstić information content (AvgIpc) is 3.30. The zero-order chi connectivity index (χ0) is 16.7. The molecule has 1 fully saturated rings. The van der Waals surface area contributed by atoms with Gasteiger partial charge >= 0.3 is 0 Å². The van der Waals surface area contributed by atoms with E-state index in [2.05, 4.69) is 17.4 Å². The fourth-order valence-corrected chi connectivity index (χ4v) is 4.97. The van der Waals surface area contributed by atoms with E-state index in [1.54, 1.807) is 0 Å². The van der Waals surface area contributed by atoms with Gasteiger partial charge < -0.3 is 11.1 Å². The summed E-state index contributed by atoms with van der Waals surface area (Å²) >= 11 is 1.53. The third kappa shape index (κ3) is 2.73. The quantitative estimate of drug-likeness (QED) is 0.894. The molecule has 124 valence electrons. The minimum atomic E-state index is -0.430. The van der Waals surface area contributed by atoms with Crippen molar-refractivity contribution in [2.24, 2.45) is 11.7 Å². The van der Waals surface area contributed by atoms with Gasteiger partial charge in [0.25, 0.3) is 5.91 Å². The first-order chi connectivity index (χ1) is 11.6. The Morgan fingerprint density at radius 3 is 2.62 bits per heavy atom. The van der Waals surface area contributed by atoms with Crippen LogP contribution in [0.3, 0.4) is 0 Å². The monoisotopic (exact) mass is 340 g/mol. The van der Waals surface area contributed by atoms with E-state index in [0.717, 1.165) is 37.7 Å². The lowest BCUT2D eigenvalue weighted by molar-refractivity contribution is -0.117. The summed E-state index contributed by atoms with van der Waals surface area (Å²) in [5.74, 6) is -0.143. The molecule has 0 aliphatic heterocycles. The molecule has 0 unspecified atom stereocenters. The second-order valence-electron chi connectivity index (χ2n) is 6.63. The maximum absolute atomic E-state index is 12.6. The topological polar surface area (TPSA) is 72.2 Å². The maximum Gasteiger partial charge on any atom is 0.251 e. The first-order valence-corrected chi connectivity index (χ1v) is 9.27. The number of carbonyl (C=O) groups is 2. The number of benzene rings is 1. The van der Waals surface area contributed by atoms with Crippen molar-refractivity contribution in [3.8, 4) is 0 Å². The molecule has 24 heavy (non-hydrogen) atoms. The van der Waals surface area contributed by atoms with Crippen molar-refractivity contribution in [2.45, 2.75) is 38.0 Å². The minimum absolute atomic E-state index is 0.00458. The van der Waals surface area contributed by atoms with Crippen LogP contribution in [0.15, 0.2) is 30.3 Å². The van der Waals surface area contributed by atoms with Crippen LogP contribution in [-0.4, -0.2) is 11.8 Å². The Morgan fingerprint density at radius 1 is 1.12 bits per heavy atom. The number of hydrogen-bond acceptors (Lipinski definition) is 3. The molecule has 1 heterocycles. The molecular formula is C19H20N2O2S. The van der Waals surface area contributed by atoms with Crippen LogP contribution >= 0.6 is 11.3 Å². The van der Waals surface area contributed by atoms with E-state index < -0.39 is 5.91 Å². The second-order valence-corrected chi connectivity index (χ2v) is 7.73. The summed E-state index contributed by atoms with van der Waals surface area (Å²) < 4.78 is 0. The van der Waals surface area contributed by atoms with Crippen molar-refractivity contribution >= 4 is 28.2 Å². The standard InChI is InChI=1S/C19H20N2O2S/c20-17(22)16-12-8-4-5-9-15(12)24-19(16)21-18(23)14-10-13(14)11-6-2-1-3-7-11/h1-3,6-7,13-14H,4-5,8-10H2,(H2,20,22)(H,21,23)/t13-,14+/m1/s1. The van der Waals surface area contributed by atoms with Gasteiger partial charge in [-0.25, -0.2) is 0 Å². The van der Waals surface area contributed by atoms with Gasteiger partial charge in [0.2, 0.25) is 5.91 Å². The van der Waals surface area contributed by atoms with Gasteiger partial charge in [-0.3, -0.25) is 9.59 Å². The van der Waals surface area contributed by atoms with Crippen LogP contribution in [0.1, 0.15) is 51.5 Å². The summed E-state index contributed by atoms with van der Waals surface area (Å²) in [5, 5.41) is 3.64. The Balaban J connectivity index is 1.53. The highest BCUT2D eigenvalue weighted by molar-refractivity contribution is 7.17. The normalized spacial score (nSPS) is 21.8. The third-order valence-electron chi connectivity index (χ3n) is 5.01. The SMILES string of the molecule is NC(=O)c1c(NC(=O)[C@H]2C[C@@H]2c2ccccc2)sc2c1CCCC2. The third-order valence-corrected chi connectivity index (χ3v) is 6.22. The summed E-state index contributed by atoms with van der Waals surface area (Å²) in [4.78, 5) is 25.7. The van der Waals surface area contributed by atoms with Crippen molar-refractivity contribution in [3.05, 3.63) is 51.9 Å². The van der Waals surface area contributed by atoms with Crippen LogP contribution in [0.25, 0.3) is 0 Å². The first kappa shape index (κ1) is 15.4. The second kappa shape index (κ2) is 6.06. The first-order valence-electron chi connectivity index (χ1n) is 8.45. The van der Waals surface area contributed by atoms with Gasteiger partial charge in [-0.05, 0) is 49.1 Å². The number of rotatable bonds is 4. The number of anilines is 1. The zero-order valence-electron chi connectivity index (χ0n) is 13.4. The van der Waals surface area contributed by atoms with Crippen LogP contribution in [0.5, 0.6) is 0 Å². The van der Waals surface area contributed by atoms with Crippen molar-refractivity contribution in [1.82, 2.24) is 0 Å². The highest BCUT2D eigenvalue weighted by Gasteiger charge is 2.44. The number of aryl methyl sites for hydroxylation is 1. The predicted molar refractivity (Wildman–Crippen MR) is 95.4 cm³/mol. The molecule has 2 aliphatic carbocycles. The summed E-state index contributed by atoms with van der Waals surface area (Å²) in [5.41, 5.74) is 8.39. The fourth-order valence-electron chi connectivity index (χ4n) is 3.67. The number of carbonyl (C=O) groups excluding carboxylic acids is 2. The summed E-state index contributed by atoms with van der Waals surface area (Å²) in [6.07, 6.45) is 4.95. The molecule has 0 bridgehead atoms.